The Kier molecular flexibility index (Phi) is 3.71. The largest absolute Gasteiger partial charge is 0.494 e. The Balaban J connectivity index is 1.52. The molecule has 10 nitrogen and oxygen atoms in total. The molecule has 4 rings (SSSR count). The van der Waals surface area contributed by atoms with Gasteiger partial charge in [0.2, 0.25) is 5.95 Å². The number of nitrogens with zero attached hydrogens (tertiary/aromatic N) is 4. The highest BCUT2D eigenvalue weighted by molar-refractivity contribution is 7.91. The van der Waals surface area contributed by atoms with Gasteiger partial charge >= 0.3 is 12.0 Å². The van der Waals surface area contributed by atoms with Gasteiger partial charge in [-0.15, -0.1) is 0 Å². The number of nitrogens with one attached hydrogen (secondary N) is 2. The van der Waals surface area contributed by atoms with Gasteiger partial charge in [-0.1, -0.05) is 16.3 Å². The number of imidazole rings is 1. The highest BCUT2D eigenvalue weighted by Gasteiger charge is 2.25. The summed E-state index contributed by atoms with van der Waals surface area (Å²) < 4.78 is 33.8. The number of sulfone groups is 1. The lowest BCUT2D eigenvalue weighted by Gasteiger charge is -2.24. The van der Waals surface area contributed by atoms with Crippen molar-refractivity contribution < 1.29 is 17.6 Å². The Morgan fingerprint density at radius 3 is 2.84 bits per heavy atom. The van der Waals surface area contributed by atoms with Crippen LogP contribution in [0.25, 0.3) is 11.0 Å². The van der Waals surface area contributed by atoms with Gasteiger partial charge in [-0.3, -0.25) is 5.32 Å². The predicted octanol–water partition coefficient (Wildman–Crippen LogP) is 0.933. The van der Waals surface area contributed by atoms with Gasteiger partial charge in [0.25, 0.3) is 0 Å². The standard InChI is InChI=1S/C14H16N6O4S/c1-23-10-4-2-3-9-11(10)16-12(15-9)17-13-18-19-14(24-13)20-5-7-25(21,22)8-6-20/h2-4H,5-8H2,1H3,(H2,15,16,17,18). The highest BCUT2D eigenvalue weighted by Crippen LogP contribution is 2.26. The van der Waals surface area contributed by atoms with Crippen LogP contribution in [0.3, 0.4) is 0 Å². The molecule has 132 valence electrons. The molecule has 2 N–H and O–H groups in total. The van der Waals surface area contributed by atoms with Crippen LogP contribution in [0.1, 0.15) is 0 Å². The zero-order valence-corrected chi connectivity index (χ0v) is 14.2. The van der Waals surface area contributed by atoms with Crippen LogP contribution in [0.5, 0.6) is 5.75 Å². The van der Waals surface area contributed by atoms with E-state index in [1.807, 2.05) is 18.2 Å². The van der Waals surface area contributed by atoms with Gasteiger partial charge in [0, 0.05) is 13.1 Å². The topological polar surface area (TPSA) is 126 Å². The molecule has 0 atom stereocenters. The summed E-state index contributed by atoms with van der Waals surface area (Å²) in [6.45, 7) is 0.678. The summed E-state index contributed by atoms with van der Waals surface area (Å²) in [5, 5.41) is 10.8. The summed E-state index contributed by atoms with van der Waals surface area (Å²) in [4.78, 5) is 9.25. The fraction of sp³-hybridized carbons (Fsp3) is 0.357. The molecule has 0 bridgehead atoms. The number of anilines is 3. The van der Waals surface area contributed by atoms with Gasteiger partial charge in [-0.05, 0) is 12.1 Å². The first-order valence-corrected chi connectivity index (χ1v) is 9.45. The van der Waals surface area contributed by atoms with Gasteiger partial charge in [0.05, 0.1) is 24.1 Å². The quantitative estimate of drug-likeness (QED) is 0.695. The molecule has 1 aliphatic rings. The Labute approximate surface area is 143 Å². The molecule has 3 aromatic rings. The van der Waals surface area contributed by atoms with Crippen LogP contribution in [0.2, 0.25) is 0 Å². The summed E-state index contributed by atoms with van der Waals surface area (Å²) in [7, 11) is -1.38. The van der Waals surface area contributed by atoms with Crippen LogP contribution in [-0.2, 0) is 9.84 Å². The second kappa shape index (κ2) is 5.92. The van der Waals surface area contributed by atoms with Crippen molar-refractivity contribution in [2.24, 2.45) is 0 Å². The molecule has 3 heterocycles. The first-order chi connectivity index (χ1) is 12.0. The number of ether oxygens (including phenoxy) is 1. The van der Waals surface area contributed by atoms with Crippen molar-refractivity contribution in [2.45, 2.75) is 0 Å². The fourth-order valence-electron chi connectivity index (χ4n) is 2.63. The molecule has 1 aliphatic heterocycles. The second-order valence-electron chi connectivity index (χ2n) is 5.60. The van der Waals surface area contributed by atoms with Crippen molar-refractivity contribution in [3.8, 4) is 5.75 Å². The van der Waals surface area contributed by atoms with Crippen molar-refractivity contribution in [1.82, 2.24) is 20.2 Å². The molecule has 0 unspecified atom stereocenters. The summed E-state index contributed by atoms with van der Waals surface area (Å²) in [5.74, 6) is 1.27. The number of hydrogen-bond acceptors (Lipinski definition) is 9. The summed E-state index contributed by atoms with van der Waals surface area (Å²) in [5.41, 5.74) is 1.50. The van der Waals surface area contributed by atoms with Gasteiger partial charge < -0.3 is 19.0 Å². The lowest BCUT2D eigenvalue weighted by atomic mass is 10.3. The van der Waals surface area contributed by atoms with Gasteiger partial charge in [0.15, 0.2) is 9.84 Å². The van der Waals surface area contributed by atoms with Crippen molar-refractivity contribution in [3.05, 3.63) is 18.2 Å². The SMILES string of the molecule is COc1cccc2[nH]c(Nc3nnc(N4CCS(=O)(=O)CC4)o3)nc12. The van der Waals surface area contributed by atoms with Crippen LogP contribution in [0.15, 0.2) is 22.6 Å². The molecule has 1 saturated heterocycles. The molecule has 25 heavy (non-hydrogen) atoms. The van der Waals surface area contributed by atoms with Crippen molar-refractivity contribution in [2.75, 3.05) is 41.9 Å². The molecule has 0 aliphatic carbocycles. The maximum atomic E-state index is 11.5. The average Bonchev–Trinajstić information content (AvgIpc) is 3.21. The summed E-state index contributed by atoms with van der Waals surface area (Å²) in [6.07, 6.45) is 0. The first kappa shape index (κ1) is 15.7. The minimum Gasteiger partial charge on any atom is -0.494 e. The lowest BCUT2D eigenvalue weighted by Crippen LogP contribution is -2.40. The molecule has 0 saturated carbocycles. The molecule has 1 fully saturated rings. The number of H-pyrrole nitrogens is 1. The van der Waals surface area contributed by atoms with E-state index in [1.54, 1.807) is 12.0 Å². The van der Waals surface area contributed by atoms with E-state index in [0.717, 1.165) is 5.52 Å². The van der Waals surface area contributed by atoms with Gasteiger partial charge in [-0.25, -0.2) is 13.4 Å². The van der Waals surface area contributed by atoms with E-state index in [-0.39, 0.29) is 23.5 Å². The monoisotopic (exact) mass is 364 g/mol. The number of methoxy groups -OCH3 is 1. The molecule has 11 heteroatoms. The van der Waals surface area contributed by atoms with E-state index < -0.39 is 9.84 Å². The zero-order valence-electron chi connectivity index (χ0n) is 13.4. The third-order valence-corrected chi connectivity index (χ3v) is 5.56. The first-order valence-electron chi connectivity index (χ1n) is 7.63. The minimum absolute atomic E-state index is 0.0848. The maximum absolute atomic E-state index is 11.5. The van der Waals surface area contributed by atoms with Crippen LogP contribution >= 0.6 is 0 Å². The Morgan fingerprint density at radius 1 is 1.28 bits per heavy atom. The Hall–Kier alpha value is -2.82. The summed E-state index contributed by atoms with van der Waals surface area (Å²) >= 11 is 0. The third kappa shape index (κ3) is 3.09. The fourth-order valence-corrected chi connectivity index (χ4v) is 3.83. The smallest absolute Gasteiger partial charge is 0.323 e. The van der Waals surface area contributed by atoms with Gasteiger partial charge in [0.1, 0.15) is 11.3 Å². The Bertz CT molecular complexity index is 997. The summed E-state index contributed by atoms with van der Waals surface area (Å²) in [6, 6.07) is 6.01. The average molecular weight is 364 g/mol. The molecule has 0 spiro atoms. The van der Waals surface area contributed by atoms with E-state index in [1.165, 1.54) is 0 Å². The molecule has 2 aromatic heterocycles. The van der Waals surface area contributed by atoms with Crippen LogP contribution in [-0.4, -0.2) is 60.3 Å². The number of hydrogen-bond donors (Lipinski definition) is 2. The van der Waals surface area contributed by atoms with E-state index in [9.17, 15) is 8.42 Å². The van der Waals surface area contributed by atoms with E-state index in [0.29, 0.717) is 30.3 Å². The maximum Gasteiger partial charge on any atom is 0.323 e. The lowest BCUT2D eigenvalue weighted by molar-refractivity contribution is 0.419. The number of para-hydroxylation sites is 1. The normalized spacial score (nSPS) is 16.9. The molecule has 1 aromatic carbocycles. The van der Waals surface area contributed by atoms with Crippen LogP contribution in [0.4, 0.5) is 18.0 Å². The van der Waals surface area contributed by atoms with Crippen molar-refractivity contribution in [3.63, 3.8) is 0 Å². The highest BCUT2D eigenvalue weighted by atomic mass is 32.2. The zero-order chi connectivity index (χ0) is 17.4. The van der Waals surface area contributed by atoms with Crippen LogP contribution < -0.4 is 15.0 Å². The van der Waals surface area contributed by atoms with Crippen molar-refractivity contribution >= 4 is 38.8 Å². The molecule has 0 radical (unpaired) electrons. The number of aromatic nitrogens is 4. The number of rotatable bonds is 4. The number of aromatic amines is 1. The number of fused-ring (bicyclic) bond motifs is 1. The van der Waals surface area contributed by atoms with E-state index >= 15 is 0 Å². The van der Waals surface area contributed by atoms with Gasteiger partial charge in [-0.2, -0.15) is 0 Å². The molecular formula is C14H16N6O4S. The Morgan fingerprint density at radius 2 is 2.08 bits per heavy atom. The minimum atomic E-state index is -2.96. The van der Waals surface area contributed by atoms with Crippen molar-refractivity contribution in [1.29, 1.82) is 0 Å². The van der Waals surface area contributed by atoms with E-state index in [4.69, 9.17) is 9.15 Å². The molecule has 0 amide bonds. The van der Waals surface area contributed by atoms with E-state index in [2.05, 4.69) is 25.5 Å². The molecular weight excluding hydrogens is 348 g/mol. The third-order valence-electron chi connectivity index (χ3n) is 3.95. The number of benzene rings is 1. The second-order valence-corrected chi connectivity index (χ2v) is 7.90. The van der Waals surface area contributed by atoms with Crippen LogP contribution in [0, 0.1) is 0 Å². The predicted molar refractivity (Wildman–Crippen MR) is 91.1 cm³/mol.